The molecule has 0 saturated carbocycles. The van der Waals surface area contributed by atoms with Gasteiger partial charge in [0.25, 0.3) is 0 Å². The maximum Gasteiger partial charge on any atom is 0.185 e. The third-order valence-corrected chi connectivity index (χ3v) is 4.60. The lowest BCUT2D eigenvalue weighted by atomic mass is 10.0. The largest absolute Gasteiger partial charge is 0.348 e. The molecule has 0 radical (unpaired) electrons. The van der Waals surface area contributed by atoms with E-state index in [0.717, 1.165) is 19.0 Å². The number of aromatic nitrogens is 1. The van der Waals surface area contributed by atoms with Crippen LogP contribution in [0.5, 0.6) is 0 Å². The van der Waals surface area contributed by atoms with Crippen LogP contribution in [0.2, 0.25) is 0 Å². The first-order valence-corrected chi connectivity index (χ1v) is 8.47. The fourth-order valence-electron chi connectivity index (χ4n) is 2.66. The Balaban J connectivity index is 1.80. The Hall–Kier alpha value is -0.610. The molecule has 1 aliphatic rings. The highest BCUT2D eigenvalue weighted by atomic mass is 32.1. The van der Waals surface area contributed by atoms with Gasteiger partial charge in [-0.1, -0.05) is 27.2 Å². The Kier molecular flexibility index (Phi) is 5.64. The maximum absolute atomic E-state index is 4.77. The lowest BCUT2D eigenvalue weighted by Gasteiger charge is -2.14. The van der Waals surface area contributed by atoms with Gasteiger partial charge in [0.05, 0.1) is 5.69 Å². The zero-order valence-electron chi connectivity index (χ0n) is 12.5. The predicted molar refractivity (Wildman–Crippen MR) is 83.9 cm³/mol. The van der Waals surface area contributed by atoms with Crippen molar-refractivity contribution in [2.75, 3.05) is 24.5 Å². The van der Waals surface area contributed by atoms with Crippen molar-refractivity contribution in [2.24, 2.45) is 11.8 Å². The summed E-state index contributed by atoms with van der Waals surface area (Å²) in [4.78, 5) is 7.23. The molecule has 0 amide bonds. The van der Waals surface area contributed by atoms with E-state index in [2.05, 4.69) is 36.4 Å². The van der Waals surface area contributed by atoms with E-state index >= 15 is 0 Å². The molecule has 108 valence electrons. The van der Waals surface area contributed by atoms with Gasteiger partial charge in [-0.15, -0.1) is 11.3 Å². The summed E-state index contributed by atoms with van der Waals surface area (Å²) in [5.74, 6) is 1.59. The first kappa shape index (κ1) is 14.8. The highest BCUT2D eigenvalue weighted by Gasteiger charge is 2.23. The lowest BCUT2D eigenvalue weighted by Crippen LogP contribution is -2.21. The molecule has 2 heterocycles. The van der Waals surface area contributed by atoms with Crippen LogP contribution in [0.1, 0.15) is 45.7 Å². The van der Waals surface area contributed by atoms with Crippen molar-refractivity contribution in [1.29, 1.82) is 0 Å². The minimum absolute atomic E-state index is 0.700. The highest BCUT2D eigenvalue weighted by molar-refractivity contribution is 7.13. The van der Waals surface area contributed by atoms with E-state index in [9.17, 15) is 0 Å². The first-order valence-electron chi connectivity index (χ1n) is 7.59. The predicted octanol–water partition coefficient (Wildman–Crippen LogP) is 3.52. The number of hydrogen-bond donors (Lipinski definition) is 1. The SMILES string of the molecule is CCCC1CCN(c2nc(CNCC(C)C)cs2)C1. The van der Waals surface area contributed by atoms with E-state index in [0.29, 0.717) is 5.92 Å². The van der Waals surface area contributed by atoms with Gasteiger partial charge in [-0.3, -0.25) is 0 Å². The summed E-state index contributed by atoms with van der Waals surface area (Å²) in [5, 5.41) is 6.89. The summed E-state index contributed by atoms with van der Waals surface area (Å²) in [6, 6.07) is 0. The molecule has 1 atom stereocenters. The Morgan fingerprint density at radius 2 is 2.37 bits per heavy atom. The normalized spacial score (nSPS) is 19.6. The fourth-order valence-corrected chi connectivity index (χ4v) is 3.52. The van der Waals surface area contributed by atoms with Gasteiger partial charge in [0.15, 0.2) is 5.13 Å². The Labute approximate surface area is 121 Å². The van der Waals surface area contributed by atoms with Crippen molar-refractivity contribution in [2.45, 2.75) is 46.6 Å². The van der Waals surface area contributed by atoms with Gasteiger partial charge in [0.2, 0.25) is 0 Å². The topological polar surface area (TPSA) is 28.2 Å². The minimum Gasteiger partial charge on any atom is -0.348 e. The van der Waals surface area contributed by atoms with E-state index < -0.39 is 0 Å². The summed E-state index contributed by atoms with van der Waals surface area (Å²) in [6.07, 6.45) is 4.01. The molecule has 1 aliphatic heterocycles. The molecule has 0 spiro atoms. The second-order valence-electron chi connectivity index (χ2n) is 6.04. The van der Waals surface area contributed by atoms with Crippen LogP contribution in [0.3, 0.4) is 0 Å². The number of hydrogen-bond acceptors (Lipinski definition) is 4. The highest BCUT2D eigenvalue weighted by Crippen LogP contribution is 2.28. The summed E-state index contributed by atoms with van der Waals surface area (Å²) >= 11 is 1.80. The third-order valence-electron chi connectivity index (χ3n) is 3.65. The van der Waals surface area contributed by atoms with Crippen LogP contribution >= 0.6 is 11.3 Å². The molecule has 1 fully saturated rings. The van der Waals surface area contributed by atoms with Crippen LogP contribution in [0.25, 0.3) is 0 Å². The summed E-state index contributed by atoms with van der Waals surface area (Å²) in [5.41, 5.74) is 1.19. The van der Waals surface area contributed by atoms with Gasteiger partial charge >= 0.3 is 0 Å². The van der Waals surface area contributed by atoms with E-state index in [1.807, 2.05) is 0 Å². The number of nitrogens with one attached hydrogen (secondary N) is 1. The monoisotopic (exact) mass is 281 g/mol. The minimum atomic E-state index is 0.700. The van der Waals surface area contributed by atoms with Gasteiger partial charge < -0.3 is 10.2 Å². The molecule has 1 aromatic rings. The molecule has 1 saturated heterocycles. The maximum atomic E-state index is 4.77. The molecular formula is C15H27N3S. The van der Waals surface area contributed by atoms with Crippen molar-refractivity contribution < 1.29 is 0 Å². The molecule has 2 rings (SSSR count). The second-order valence-corrected chi connectivity index (χ2v) is 6.87. The zero-order chi connectivity index (χ0) is 13.7. The van der Waals surface area contributed by atoms with Gasteiger partial charge in [-0.25, -0.2) is 4.98 Å². The summed E-state index contributed by atoms with van der Waals surface area (Å²) in [7, 11) is 0. The molecule has 0 bridgehead atoms. The van der Waals surface area contributed by atoms with Gasteiger partial charge in [-0.2, -0.15) is 0 Å². The van der Waals surface area contributed by atoms with Crippen LogP contribution in [0, 0.1) is 11.8 Å². The standard InChI is InChI=1S/C15H27N3S/c1-4-5-13-6-7-18(10-13)15-17-14(11-19-15)9-16-8-12(2)3/h11-13,16H,4-10H2,1-3H3. The van der Waals surface area contributed by atoms with E-state index in [1.165, 1.54) is 43.2 Å². The third kappa shape index (κ3) is 4.46. The molecule has 1 N–H and O–H groups in total. The molecule has 0 aliphatic carbocycles. The average Bonchev–Trinajstić information content (AvgIpc) is 2.98. The number of nitrogens with zero attached hydrogens (tertiary/aromatic N) is 2. The number of rotatable bonds is 7. The Morgan fingerprint density at radius 1 is 1.53 bits per heavy atom. The Morgan fingerprint density at radius 3 is 3.11 bits per heavy atom. The zero-order valence-corrected chi connectivity index (χ0v) is 13.3. The van der Waals surface area contributed by atoms with E-state index in [-0.39, 0.29) is 0 Å². The smallest absolute Gasteiger partial charge is 0.185 e. The average molecular weight is 281 g/mol. The van der Waals surface area contributed by atoms with Gasteiger partial charge in [-0.05, 0) is 31.2 Å². The molecular weight excluding hydrogens is 254 g/mol. The first-order chi connectivity index (χ1) is 9.19. The van der Waals surface area contributed by atoms with Gasteiger partial charge in [0.1, 0.15) is 0 Å². The van der Waals surface area contributed by atoms with Gasteiger partial charge in [0, 0.05) is 25.0 Å². The number of anilines is 1. The van der Waals surface area contributed by atoms with E-state index in [4.69, 9.17) is 4.98 Å². The van der Waals surface area contributed by atoms with Crippen LogP contribution in [0.15, 0.2) is 5.38 Å². The van der Waals surface area contributed by atoms with Crippen molar-refractivity contribution in [3.8, 4) is 0 Å². The molecule has 4 heteroatoms. The lowest BCUT2D eigenvalue weighted by molar-refractivity contribution is 0.529. The quantitative estimate of drug-likeness (QED) is 0.829. The summed E-state index contributed by atoms with van der Waals surface area (Å²) in [6.45, 7) is 11.1. The molecule has 1 unspecified atom stereocenters. The van der Waals surface area contributed by atoms with Crippen LogP contribution in [-0.2, 0) is 6.54 Å². The van der Waals surface area contributed by atoms with Crippen molar-refractivity contribution in [3.05, 3.63) is 11.1 Å². The van der Waals surface area contributed by atoms with E-state index in [1.54, 1.807) is 11.3 Å². The molecule has 3 nitrogen and oxygen atoms in total. The van der Waals surface area contributed by atoms with Crippen molar-refractivity contribution in [1.82, 2.24) is 10.3 Å². The summed E-state index contributed by atoms with van der Waals surface area (Å²) < 4.78 is 0. The van der Waals surface area contributed by atoms with Crippen LogP contribution in [0.4, 0.5) is 5.13 Å². The van der Waals surface area contributed by atoms with Crippen molar-refractivity contribution in [3.63, 3.8) is 0 Å². The van der Waals surface area contributed by atoms with Crippen LogP contribution < -0.4 is 10.2 Å². The van der Waals surface area contributed by atoms with Crippen molar-refractivity contribution >= 4 is 16.5 Å². The number of thiazole rings is 1. The molecule has 1 aromatic heterocycles. The van der Waals surface area contributed by atoms with Crippen LogP contribution in [-0.4, -0.2) is 24.6 Å². The fraction of sp³-hybridized carbons (Fsp3) is 0.800. The Bertz CT molecular complexity index is 375. The molecule has 19 heavy (non-hydrogen) atoms. The second kappa shape index (κ2) is 7.25. The molecule has 0 aromatic carbocycles.